The molecule has 2 unspecified atom stereocenters. The van der Waals surface area contributed by atoms with Crippen molar-refractivity contribution < 1.29 is 14.6 Å². The van der Waals surface area contributed by atoms with E-state index in [0.717, 1.165) is 0 Å². The zero-order valence-electron chi connectivity index (χ0n) is 8.76. The van der Waals surface area contributed by atoms with Gasteiger partial charge in [0.1, 0.15) is 0 Å². The molecule has 2 saturated heterocycles. The SMILES string of the molecule is NC1COCC1C(=O)N1CCC(O)CC1. The maximum Gasteiger partial charge on any atom is 0.229 e. The minimum absolute atomic E-state index is 0.0897. The molecule has 5 heteroatoms. The highest BCUT2D eigenvalue weighted by Gasteiger charge is 2.35. The van der Waals surface area contributed by atoms with Crippen molar-refractivity contribution in [2.75, 3.05) is 26.3 Å². The van der Waals surface area contributed by atoms with Crippen molar-refractivity contribution in [1.82, 2.24) is 4.90 Å². The fourth-order valence-corrected chi connectivity index (χ4v) is 2.15. The Morgan fingerprint density at radius 2 is 2.00 bits per heavy atom. The van der Waals surface area contributed by atoms with Gasteiger partial charge in [0.2, 0.25) is 5.91 Å². The van der Waals surface area contributed by atoms with E-state index in [1.165, 1.54) is 0 Å². The molecule has 3 N–H and O–H groups in total. The summed E-state index contributed by atoms with van der Waals surface area (Å²) in [6.07, 6.45) is 1.10. The Morgan fingerprint density at radius 3 is 2.53 bits per heavy atom. The van der Waals surface area contributed by atoms with Crippen LogP contribution in [-0.4, -0.2) is 54.4 Å². The number of carbonyl (C=O) groups excluding carboxylic acids is 1. The molecule has 2 atom stereocenters. The van der Waals surface area contributed by atoms with Crippen LogP contribution >= 0.6 is 0 Å². The number of hydrogen-bond acceptors (Lipinski definition) is 4. The van der Waals surface area contributed by atoms with E-state index in [1.807, 2.05) is 0 Å². The summed E-state index contributed by atoms with van der Waals surface area (Å²) in [5, 5.41) is 9.34. The third-order valence-electron chi connectivity index (χ3n) is 3.22. The van der Waals surface area contributed by atoms with Gasteiger partial charge in [-0.3, -0.25) is 4.79 Å². The first-order valence-corrected chi connectivity index (χ1v) is 5.48. The third-order valence-corrected chi connectivity index (χ3v) is 3.22. The number of nitrogens with two attached hydrogens (primary N) is 1. The van der Waals surface area contributed by atoms with Crippen molar-refractivity contribution in [1.29, 1.82) is 0 Å². The first-order chi connectivity index (χ1) is 7.18. The topological polar surface area (TPSA) is 75.8 Å². The van der Waals surface area contributed by atoms with Crippen molar-refractivity contribution in [3.8, 4) is 0 Å². The van der Waals surface area contributed by atoms with Gasteiger partial charge in [-0.25, -0.2) is 0 Å². The molecule has 15 heavy (non-hydrogen) atoms. The number of rotatable bonds is 1. The van der Waals surface area contributed by atoms with Gasteiger partial charge in [-0.05, 0) is 12.8 Å². The van der Waals surface area contributed by atoms with Crippen molar-refractivity contribution in [2.24, 2.45) is 11.7 Å². The van der Waals surface area contributed by atoms with Crippen LogP contribution in [0.3, 0.4) is 0 Å². The number of carbonyl (C=O) groups is 1. The van der Waals surface area contributed by atoms with Gasteiger partial charge in [-0.1, -0.05) is 0 Å². The van der Waals surface area contributed by atoms with Crippen LogP contribution in [0.25, 0.3) is 0 Å². The molecule has 0 saturated carbocycles. The molecule has 1 amide bonds. The molecular formula is C10H18N2O3. The molecule has 2 fully saturated rings. The van der Waals surface area contributed by atoms with Crippen LogP contribution < -0.4 is 5.73 Å². The molecule has 0 aromatic carbocycles. The van der Waals surface area contributed by atoms with E-state index in [0.29, 0.717) is 39.1 Å². The number of aliphatic hydroxyl groups is 1. The number of nitrogens with zero attached hydrogens (tertiary/aromatic N) is 1. The normalized spacial score (nSPS) is 33.3. The van der Waals surface area contributed by atoms with Gasteiger partial charge in [0, 0.05) is 19.1 Å². The zero-order valence-corrected chi connectivity index (χ0v) is 8.76. The van der Waals surface area contributed by atoms with E-state index < -0.39 is 0 Å². The number of aliphatic hydroxyl groups excluding tert-OH is 1. The van der Waals surface area contributed by atoms with Crippen LogP contribution in [0.4, 0.5) is 0 Å². The van der Waals surface area contributed by atoms with Crippen molar-refractivity contribution >= 4 is 5.91 Å². The minimum Gasteiger partial charge on any atom is -0.393 e. The lowest BCUT2D eigenvalue weighted by atomic mass is 10.0. The van der Waals surface area contributed by atoms with E-state index in [-0.39, 0.29) is 24.0 Å². The average molecular weight is 214 g/mol. The van der Waals surface area contributed by atoms with Crippen LogP contribution in [0.15, 0.2) is 0 Å². The first kappa shape index (κ1) is 10.9. The minimum atomic E-state index is -0.248. The number of piperidine rings is 1. The third kappa shape index (κ3) is 2.30. The van der Waals surface area contributed by atoms with Crippen LogP contribution in [0.2, 0.25) is 0 Å². The number of ether oxygens (including phenoxy) is 1. The summed E-state index contributed by atoms with van der Waals surface area (Å²) >= 11 is 0. The second kappa shape index (κ2) is 4.47. The Balaban J connectivity index is 1.90. The summed E-state index contributed by atoms with van der Waals surface area (Å²) < 4.78 is 5.18. The second-order valence-electron chi connectivity index (χ2n) is 4.36. The predicted octanol–water partition coefficient (Wildman–Crippen LogP) is -1.06. The van der Waals surface area contributed by atoms with Crippen LogP contribution in [0.5, 0.6) is 0 Å². The molecule has 0 spiro atoms. The Hall–Kier alpha value is -0.650. The van der Waals surface area contributed by atoms with E-state index in [9.17, 15) is 9.90 Å². The highest BCUT2D eigenvalue weighted by Crippen LogP contribution is 2.18. The fraction of sp³-hybridized carbons (Fsp3) is 0.900. The summed E-state index contributed by atoms with van der Waals surface area (Å²) in [5.41, 5.74) is 5.79. The van der Waals surface area contributed by atoms with E-state index in [2.05, 4.69) is 0 Å². The highest BCUT2D eigenvalue weighted by molar-refractivity contribution is 5.80. The average Bonchev–Trinajstić information content (AvgIpc) is 2.65. The smallest absolute Gasteiger partial charge is 0.229 e. The number of amides is 1. The van der Waals surface area contributed by atoms with Crippen LogP contribution in [0.1, 0.15) is 12.8 Å². The largest absolute Gasteiger partial charge is 0.393 e. The van der Waals surface area contributed by atoms with E-state index >= 15 is 0 Å². The number of likely N-dealkylation sites (tertiary alicyclic amines) is 1. The molecule has 86 valence electrons. The summed E-state index contributed by atoms with van der Waals surface area (Å²) in [5.74, 6) is -0.0906. The number of hydrogen-bond donors (Lipinski definition) is 2. The molecule has 0 bridgehead atoms. The Labute approximate surface area is 89.2 Å². The maximum absolute atomic E-state index is 12.0. The van der Waals surface area contributed by atoms with Crippen LogP contribution in [0, 0.1) is 5.92 Å². The molecule has 0 aromatic heterocycles. The van der Waals surface area contributed by atoms with E-state index in [4.69, 9.17) is 10.5 Å². The van der Waals surface area contributed by atoms with Crippen molar-refractivity contribution in [3.63, 3.8) is 0 Å². The summed E-state index contributed by atoms with van der Waals surface area (Å²) in [7, 11) is 0. The molecule has 0 radical (unpaired) electrons. The predicted molar refractivity (Wildman–Crippen MR) is 54.1 cm³/mol. The van der Waals surface area contributed by atoms with Crippen molar-refractivity contribution in [2.45, 2.75) is 25.0 Å². The molecular weight excluding hydrogens is 196 g/mol. The van der Waals surface area contributed by atoms with Gasteiger partial charge in [0.05, 0.1) is 25.2 Å². The second-order valence-corrected chi connectivity index (χ2v) is 4.36. The highest BCUT2D eigenvalue weighted by atomic mass is 16.5. The lowest BCUT2D eigenvalue weighted by Gasteiger charge is -2.32. The Bertz CT molecular complexity index is 239. The Morgan fingerprint density at radius 1 is 1.33 bits per heavy atom. The van der Waals surface area contributed by atoms with Crippen molar-refractivity contribution in [3.05, 3.63) is 0 Å². The summed E-state index contributed by atoms with van der Waals surface area (Å²) in [6.45, 7) is 2.21. The molecule has 2 aliphatic rings. The summed E-state index contributed by atoms with van der Waals surface area (Å²) in [6, 6.07) is -0.163. The van der Waals surface area contributed by atoms with Gasteiger partial charge < -0.3 is 20.5 Å². The molecule has 2 heterocycles. The summed E-state index contributed by atoms with van der Waals surface area (Å²) in [4.78, 5) is 13.8. The lowest BCUT2D eigenvalue weighted by molar-refractivity contribution is -0.137. The fourth-order valence-electron chi connectivity index (χ4n) is 2.15. The Kier molecular flexibility index (Phi) is 3.23. The van der Waals surface area contributed by atoms with E-state index in [1.54, 1.807) is 4.90 Å². The van der Waals surface area contributed by atoms with Gasteiger partial charge in [0.25, 0.3) is 0 Å². The maximum atomic E-state index is 12.0. The van der Waals surface area contributed by atoms with Gasteiger partial charge >= 0.3 is 0 Å². The van der Waals surface area contributed by atoms with Crippen LogP contribution in [-0.2, 0) is 9.53 Å². The quantitative estimate of drug-likeness (QED) is 0.583. The molecule has 2 rings (SSSR count). The van der Waals surface area contributed by atoms with Gasteiger partial charge in [0.15, 0.2) is 0 Å². The standard InChI is InChI=1S/C10H18N2O3/c11-9-6-15-5-8(9)10(14)12-3-1-7(13)2-4-12/h7-9,13H,1-6,11H2. The lowest BCUT2D eigenvalue weighted by Crippen LogP contribution is -2.47. The molecule has 0 aromatic rings. The molecule has 2 aliphatic heterocycles. The monoisotopic (exact) mass is 214 g/mol. The van der Waals surface area contributed by atoms with Gasteiger partial charge in [-0.15, -0.1) is 0 Å². The zero-order chi connectivity index (χ0) is 10.8. The first-order valence-electron chi connectivity index (χ1n) is 5.48. The van der Waals surface area contributed by atoms with Gasteiger partial charge in [-0.2, -0.15) is 0 Å². The molecule has 0 aliphatic carbocycles. The molecule has 5 nitrogen and oxygen atoms in total.